The molecular weight excluding hydrogens is 392 g/mol. The minimum atomic E-state index is -0.217. The molecule has 7 heteroatoms. The summed E-state index contributed by atoms with van der Waals surface area (Å²) in [5, 5.41) is 4.23. The van der Waals surface area contributed by atoms with E-state index in [1.54, 1.807) is 18.3 Å². The number of hydrogen-bond acceptors (Lipinski definition) is 5. The van der Waals surface area contributed by atoms with Gasteiger partial charge in [-0.3, -0.25) is 4.79 Å². The molecule has 0 unspecified atom stereocenters. The second-order valence-corrected chi connectivity index (χ2v) is 8.95. The SMILES string of the molecule is O=C(Nc1ccc(SC[C@@H]2CCCN3CCCC[C@H]23)nc1)c1ccc(Cl)nc1. The van der Waals surface area contributed by atoms with Gasteiger partial charge in [0.1, 0.15) is 5.15 Å². The molecule has 1 amide bonds. The van der Waals surface area contributed by atoms with Crippen molar-refractivity contribution >= 4 is 35.0 Å². The van der Waals surface area contributed by atoms with Gasteiger partial charge in [-0.25, -0.2) is 9.97 Å². The van der Waals surface area contributed by atoms with Crippen molar-refractivity contribution in [2.45, 2.75) is 43.2 Å². The molecule has 148 valence electrons. The van der Waals surface area contributed by atoms with E-state index in [1.807, 2.05) is 23.9 Å². The van der Waals surface area contributed by atoms with Gasteiger partial charge in [-0.05, 0) is 69.0 Å². The lowest BCUT2D eigenvalue weighted by atomic mass is 9.85. The zero-order chi connectivity index (χ0) is 19.3. The lowest BCUT2D eigenvalue weighted by Gasteiger charge is -2.44. The maximum atomic E-state index is 12.2. The number of thioether (sulfide) groups is 1. The van der Waals surface area contributed by atoms with Crippen molar-refractivity contribution in [3.63, 3.8) is 0 Å². The van der Waals surface area contributed by atoms with Crippen LogP contribution in [0.1, 0.15) is 42.5 Å². The van der Waals surface area contributed by atoms with Crippen LogP contribution < -0.4 is 5.32 Å². The summed E-state index contributed by atoms with van der Waals surface area (Å²) in [6.07, 6.45) is 9.92. The number of amides is 1. The summed E-state index contributed by atoms with van der Waals surface area (Å²) in [5.41, 5.74) is 1.15. The van der Waals surface area contributed by atoms with Crippen molar-refractivity contribution in [1.29, 1.82) is 0 Å². The maximum absolute atomic E-state index is 12.2. The van der Waals surface area contributed by atoms with Crippen LogP contribution in [0.5, 0.6) is 0 Å². The topological polar surface area (TPSA) is 58.1 Å². The highest BCUT2D eigenvalue weighted by molar-refractivity contribution is 7.99. The van der Waals surface area contributed by atoms with E-state index in [0.717, 1.165) is 22.7 Å². The minimum absolute atomic E-state index is 0.217. The number of piperidine rings is 2. The van der Waals surface area contributed by atoms with Crippen LogP contribution in [0, 0.1) is 5.92 Å². The molecule has 2 aliphatic heterocycles. The van der Waals surface area contributed by atoms with E-state index in [-0.39, 0.29) is 5.91 Å². The number of carbonyl (C=O) groups excluding carboxylic acids is 1. The number of nitrogens with zero attached hydrogens (tertiary/aromatic N) is 3. The summed E-state index contributed by atoms with van der Waals surface area (Å²) in [6, 6.07) is 7.92. The van der Waals surface area contributed by atoms with Crippen LogP contribution in [0.3, 0.4) is 0 Å². The number of halogens is 1. The molecule has 2 atom stereocenters. The van der Waals surface area contributed by atoms with Crippen LogP contribution >= 0.6 is 23.4 Å². The van der Waals surface area contributed by atoms with Crippen molar-refractivity contribution in [3.05, 3.63) is 47.4 Å². The van der Waals surface area contributed by atoms with Gasteiger partial charge in [-0.15, -0.1) is 11.8 Å². The summed E-state index contributed by atoms with van der Waals surface area (Å²) in [4.78, 5) is 23.4. The highest BCUT2D eigenvalue weighted by atomic mass is 35.5. The second-order valence-electron chi connectivity index (χ2n) is 7.52. The van der Waals surface area contributed by atoms with Crippen molar-refractivity contribution in [3.8, 4) is 0 Å². The van der Waals surface area contributed by atoms with Crippen molar-refractivity contribution in [1.82, 2.24) is 14.9 Å². The average molecular weight is 417 g/mol. The van der Waals surface area contributed by atoms with E-state index in [4.69, 9.17) is 11.6 Å². The lowest BCUT2D eigenvalue weighted by Crippen LogP contribution is -2.48. The lowest BCUT2D eigenvalue weighted by molar-refractivity contribution is 0.0693. The number of nitrogens with one attached hydrogen (secondary N) is 1. The van der Waals surface area contributed by atoms with Crippen molar-refractivity contribution in [2.24, 2.45) is 5.92 Å². The Morgan fingerprint density at radius 1 is 1.11 bits per heavy atom. The number of aromatic nitrogens is 2. The largest absolute Gasteiger partial charge is 0.321 e. The fraction of sp³-hybridized carbons (Fsp3) is 0.476. The fourth-order valence-electron chi connectivity index (χ4n) is 4.22. The predicted octanol–water partition coefficient (Wildman–Crippen LogP) is 4.74. The smallest absolute Gasteiger partial charge is 0.257 e. The zero-order valence-electron chi connectivity index (χ0n) is 15.8. The predicted molar refractivity (Wildman–Crippen MR) is 114 cm³/mol. The summed E-state index contributed by atoms with van der Waals surface area (Å²) in [5.74, 6) is 1.67. The first-order valence-electron chi connectivity index (χ1n) is 9.95. The Morgan fingerprint density at radius 3 is 2.79 bits per heavy atom. The Kier molecular flexibility index (Phi) is 6.50. The number of pyridine rings is 2. The van der Waals surface area contributed by atoms with E-state index < -0.39 is 0 Å². The molecule has 2 aromatic heterocycles. The first-order chi connectivity index (χ1) is 13.7. The van der Waals surface area contributed by atoms with Crippen LogP contribution in [0.15, 0.2) is 41.7 Å². The van der Waals surface area contributed by atoms with Gasteiger partial charge < -0.3 is 10.2 Å². The quantitative estimate of drug-likeness (QED) is 0.563. The molecule has 0 aliphatic carbocycles. The monoisotopic (exact) mass is 416 g/mol. The van der Waals surface area contributed by atoms with Gasteiger partial charge in [0, 0.05) is 18.0 Å². The van der Waals surface area contributed by atoms with Crippen LogP contribution in [0.2, 0.25) is 5.15 Å². The molecule has 5 nitrogen and oxygen atoms in total. The average Bonchev–Trinajstić information content (AvgIpc) is 2.73. The van der Waals surface area contributed by atoms with E-state index in [1.165, 1.54) is 51.4 Å². The first kappa shape index (κ1) is 19.7. The Morgan fingerprint density at radius 2 is 2.00 bits per heavy atom. The van der Waals surface area contributed by atoms with Gasteiger partial charge in [0.2, 0.25) is 0 Å². The van der Waals surface area contributed by atoms with Gasteiger partial charge in [0.25, 0.3) is 5.91 Å². The van der Waals surface area contributed by atoms with E-state index >= 15 is 0 Å². The third-order valence-electron chi connectivity index (χ3n) is 5.66. The second kappa shape index (κ2) is 9.25. The molecule has 2 fully saturated rings. The number of rotatable bonds is 5. The number of hydrogen-bond donors (Lipinski definition) is 1. The van der Waals surface area contributed by atoms with Crippen LogP contribution in [-0.2, 0) is 0 Å². The highest BCUT2D eigenvalue weighted by Crippen LogP contribution is 2.34. The van der Waals surface area contributed by atoms with Gasteiger partial charge in [-0.1, -0.05) is 18.0 Å². The fourth-order valence-corrected chi connectivity index (χ4v) is 5.39. The van der Waals surface area contributed by atoms with Crippen LogP contribution in [0.4, 0.5) is 5.69 Å². The Labute approximate surface area is 175 Å². The molecule has 2 saturated heterocycles. The molecule has 2 aliphatic rings. The van der Waals surface area contributed by atoms with Crippen LogP contribution in [0.25, 0.3) is 0 Å². The van der Waals surface area contributed by atoms with E-state index in [2.05, 4.69) is 20.2 Å². The Bertz CT molecular complexity index is 797. The normalized spacial score (nSPS) is 22.5. The van der Waals surface area contributed by atoms with Crippen LogP contribution in [-0.4, -0.2) is 45.7 Å². The van der Waals surface area contributed by atoms with E-state index in [0.29, 0.717) is 16.4 Å². The molecule has 0 bridgehead atoms. The first-order valence-corrected chi connectivity index (χ1v) is 11.3. The maximum Gasteiger partial charge on any atom is 0.257 e. The number of fused-ring (bicyclic) bond motifs is 1. The zero-order valence-corrected chi connectivity index (χ0v) is 17.4. The number of anilines is 1. The molecule has 28 heavy (non-hydrogen) atoms. The molecule has 4 rings (SSSR count). The summed E-state index contributed by atoms with van der Waals surface area (Å²) < 4.78 is 0. The Balaban J connectivity index is 1.30. The molecule has 0 saturated carbocycles. The van der Waals surface area contributed by atoms with Crippen molar-refractivity contribution < 1.29 is 4.79 Å². The molecule has 0 aromatic carbocycles. The van der Waals surface area contributed by atoms with Gasteiger partial charge in [0.15, 0.2) is 0 Å². The Hall–Kier alpha value is -1.63. The molecule has 2 aromatic rings. The summed E-state index contributed by atoms with van der Waals surface area (Å²) in [6.45, 7) is 2.56. The molecule has 4 heterocycles. The van der Waals surface area contributed by atoms with E-state index in [9.17, 15) is 4.79 Å². The molecule has 0 radical (unpaired) electrons. The number of carbonyl (C=O) groups is 1. The van der Waals surface area contributed by atoms with Gasteiger partial charge in [-0.2, -0.15) is 0 Å². The molecule has 0 spiro atoms. The molecule has 1 N–H and O–H groups in total. The third kappa shape index (κ3) is 4.85. The summed E-state index contributed by atoms with van der Waals surface area (Å²) in [7, 11) is 0. The highest BCUT2D eigenvalue weighted by Gasteiger charge is 2.32. The third-order valence-corrected chi connectivity index (χ3v) is 7.01. The standard InChI is InChI=1S/C21H25ClN4OS/c22-19-8-6-15(12-23-19)21(27)25-17-7-9-20(24-13-17)28-14-16-4-3-11-26-10-2-1-5-18(16)26/h6-9,12-13,16,18H,1-5,10-11,14H2,(H,25,27)/t16-,18+/m0/s1. The van der Waals surface area contributed by atoms with Gasteiger partial charge >= 0.3 is 0 Å². The molecular formula is C21H25ClN4OS. The summed E-state index contributed by atoms with van der Waals surface area (Å²) >= 11 is 7.59. The minimum Gasteiger partial charge on any atom is -0.321 e. The van der Waals surface area contributed by atoms with Gasteiger partial charge in [0.05, 0.1) is 22.5 Å². The van der Waals surface area contributed by atoms with Crippen molar-refractivity contribution in [2.75, 3.05) is 24.2 Å².